The van der Waals surface area contributed by atoms with Crippen molar-refractivity contribution in [1.82, 2.24) is 9.55 Å². The molecule has 0 bridgehead atoms. The van der Waals surface area contributed by atoms with Crippen molar-refractivity contribution in [2.24, 2.45) is 0 Å². The third kappa shape index (κ3) is 3.10. The van der Waals surface area contributed by atoms with Crippen molar-refractivity contribution < 1.29 is 9.90 Å². The molecule has 0 fully saturated rings. The number of aliphatic carboxylic acids is 1. The Hall–Kier alpha value is -2.66. The van der Waals surface area contributed by atoms with Gasteiger partial charge in [0.15, 0.2) is 0 Å². The molecule has 2 heterocycles. The van der Waals surface area contributed by atoms with Gasteiger partial charge in [-0.05, 0) is 48.1 Å². The van der Waals surface area contributed by atoms with Crippen LogP contribution in [0.5, 0.6) is 0 Å². The highest BCUT2D eigenvalue weighted by Crippen LogP contribution is 2.30. The van der Waals surface area contributed by atoms with Gasteiger partial charge in [-0.25, -0.2) is 4.98 Å². The van der Waals surface area contributed by atoms with E-state index in [9.17, 15) is 4.79 Å². The van der Waals surface area contributed by atoms with Crippen molar-refractivity contribution in [3.05, 3.63) is 64.8 Å². The molecule has 132 valence electrons. The van der Waals surface area contributed by atoms with Crippen LogP contribution in [0, 0.1) is 6.92 Å². The summed E-state index contributed by atoms with van der Waals surface area (Å²) < 4.78 is 3.54. The van der Waals surface area contributed by atoms with Crippen LogP contribution < -0.4 is 0 Å². The van der Waals surface area contributed by atoms with E-state index in [0.717, 1.165) is 23.4 Å². The van der Waals surface area contributed by atoms with Crippen LogP contribution in [0.1, 0.15) is 29.8 Å². The van der Waals surface area contributed by atoms with Gasteiger partial charge in [-0.1, -0.05) is 24.3 Å². The average molecular weight is 364 g/mol. The molecule has 0 radical (unpaired) electrons. The Bertz CT molecular complexity index is 1090. The highest BCUT2D eigenvalue weighted by atomic mass is 32.1. The second kappa shape index (κ2) is 6.92. The van der Waals surface area contributed by atoms with E-state index in [4.69, 9.17) is 10.1 Å². The Kier molecular flexibility index (Phi) is 4.47. The summed E-state index contributed by atoms with van der Waals surface area (Å²) in [5, 5.41) is 12.5. The molecule has 2 aromatic heterocycles. The molecular weight excluding hydrogens is 344 g/mol. The Balaban J connectivity index is 1.75. The first-order valence-corrected chi connectivity index (χ1v) is 9.63. The number of para-hydroxylation sites is 2. The summed E-state index contributed by atoms with van der Waals surface area (Å²) in [6.45, 7) is 2.91. The monoisotopic (exact) mass is 364 g/mol. The van der Waals surface area contributed by atoms with E-state index in [0.29, 0.717) is 12.8 Å². The van der Waals surface area contributed by atoms with Gasteiger partial charge < -0.3 is 9.67 Å². The van der Waals surface area contributed by atoms with Crippen LogP contribution in [0.15, 0.2) is 47.8 Å². The third-order valence-corrected chi connectivity index (χ3v) is 5.73. The van der Waals surface area contributed by atoms with Crippen LogP contribution in [0.2, 0.25) is 0 Å². The molecule has 0 aliphatic heterocycles. The molecule has 0 aliphatic rings. The molecule has 0 atom stereocenters. The van der Waals surface area contributed by atoms with Crippen molar-refractivity contribution >= 4 is 38.4 Å². The molecule has 0 spiro atoms. The lowest BCUT2D eigenvalue weighted by atomic mass is 10.1. The second-order valence-corrected chi connectivity index (χ2v) is 7.47. The Morgan fingerprint density at radius 2 is 2.04 bits per heavy atom. The van der Waals surface area contributed by atoms with Gasteiger partial charge in [0.2, 0.25) is 0 Å². The van der Waals surface area contributed by atoms with Gasteiger partial charge in [0, 0.05) is 22.9 Å². The number of aryl methyl sites for hydroxylation is 2. The van der Waals surface area contributed by atoms with E-state index in [1.54, 1.807) is 11.3 Å². The van der Waals surface area contributed by atoms with Crippen molar-refractivity contribution in [2.75, 3.05) is 0 Å². The molecule has 2 aromatic carbocycles. The van der Waals surface area contributed by atoms with Gasteiger partial charge in [-0.15, -0.1) is 11.3 Å². The number of carboxylic acids is 1. The number of carboxylic acid groups (broad SMARTS) is 1. The van der Waals surface area contributed by atoms with Crippen molar-refractivity contribution in [2.45, 2.75) is 32.7 Å². The molecule has 4 aromatic rings. The topological polar surface area (TPSA) is 55.1 Å². The summed E-state index contributed by atoms with van der Waals surface area (Å²) in [7, 11) is 0. The fourth-order valence-electron chi connectivity index (χ4n) is 3.52. The first-order chi connectivity index (χ1) is 12.6. The second-order valence-electron chi connectivity index (χ2n) is 6.56. The first kappa shape index (κ1) is 16.8. The number of nitrogens with zero attached hydrogens (tertiary/aromatic N) is 2. The zero-order valence-corrected chi connectivity index (χ0v) is 15.4. The standard InChI is InChI=1S/C21H20N2O2S/c1-14-6-4-9-18-21(14)15(13-26-18)12-23-17-8-3-2-7-16(17)22-19(23)10-5-11-20(24)25/h2-4,6-9,13H,5,10-12H2,1H3,(H,24,25). The van der Waals surface area contributed by atoms with Gasteiger partial charge in [0.05, 0.1) is 17.6 Å². The Morgan fingerprint density at radius 1 is 1.19 bits per heavy atom. The van der Waals surface area contributed by atoms with Crippen LogP contribution in [0.4, 0.5) is 0 Å². The van der Waals surface area contributed by atoms with E-state index in [1.807, 2.05) is 18.2 Å². The quantitative estimate of drug-likeness (QED) is 0.523. The molecule has 0 unspecified atom stereocenters. The lowest BCUT2D eigenvalue weighted by Crippen LogP contribution is -2.06. The van der Waals surface area contributed by atoms with Gasteiger partial charge in [0.25, 0.3) is 0 Å². The summed E-state index contributed by atoms with van der Waals surface area (Å²) in [5.74, 6) is 0.201. The zero-order valence-electron chi connectivity index (χ0n) is 14.6. The zero-order chi connectivity index (χ0) is 18.1. The van der Waals surface area contributed by atoms with Gasteiger partial charge >= 0.3 is 5.97 Å². The molecular formula is C21H20N2O2S. The predicted octanol–water partition coefficient (Wildman–Crippen LogP) is 5.02. The molecule has 4 nitrogen and oxygen atoms in total. The number of benzene rings is 2. The minimum atomic E-state index is -0.757. The fraction of sp³-hybridized carbons (Fsp3) is 0.238. The summed E-state index contributed by atoms with van der Waals surface area (Å²) >= 11 is 1.77. The summed E-state index contributed by atoms with van der Waals surface area (Å²) in [6, 6.07) is 14.5. The number of fused-ring (bicyclic) bond motifs is 2. The smallest absolute Gasteiger partial charge is 0.303 e. The SMILES string of the molecule is Cc1cccc2scc(Cn3c(CCCC(=O)O)nc4ccccc43)c12. The lowest BCUT2D eigenvalue weighted by molar-refractivity contribution is -0.137. The number of thiophene rings is 1. The summed E-state index contributed by atoms with van der Waals surface area (Å²) in [6.07, 6.45) is 1.44. The number of hydrogen-bond donors (Lipinski definition) is 1. The van der Waals surface area contributed by atoms with Crippen molar-refractivity contribution in [3.8, 4) is 0 Å². The molecule has 0 saturated carbocycles. The van der Waals surface area contributed by atoms with Crippen LogP contribution in [-0.4, -0.2) is 20.6 Å². The van der Waals surface area contributed by atoms with E-state index in [2.05, 4.69) is 41.1 Å². The molecule has 0 amide bonds. The van der Waals surface area contributed by atoms with Crippen LogP contribution in [0.25, 0.3) is 21.1 Å². The molecule has 26 heavy (non-hydrogen) atoms. The van der Waals surface area contributed by atoms with Crippen molar-refractivity contribution in [1.29, 1.82) is 0 Å². The largest absolute Gasteiger partial charge is 0.481 e. The average Bonchev–Trinajstić information content (AvgIpc) is 3.18. The molecule has 4 rings (SSSR count). The maximum atomic E-state index is 10.9. The Morgan fingerprint density at radius 3 is 2.88 bits per heavy atom. The van der Waals surface area contributed by atoms with E-state index in [1.165, 1.54) is 21.2 Å². The van der Waals surface area contributed by atoms with Crippen LogP contribution in [-0.2, 0) is 17.8 Å². The van der Waals surface area contributed by atoms with E-state index >= 15 is 0 Å². The minimum Gasteiger partial charge on any atom is -0.481 e. The van der Waals surface area contributed by atoms with Gasteiger partial charge in [0.1, 0.15) is 5.82 Å². The van der Waals surface area contributed by atoms with Crippen LogP contribution >= 0.6 is 11.3 Å². The first-order valence-electron chi connectivity index (χ1n) is 8.75. The normalized spacial score (nSPS) is 11.4. The number of rotatable bonds is 6. The maximum absolute atomic E-state index is 10.9. The van der Waals surface area contributed by atoms with Gasteiger partial charge in [-0.3, -0.25) is 4.79 Å². The van der Waals surface area contributed by atoms with Crippen LogP contribution in [0.3, 0.4) is 0 Å². The molecule has 0 saturated heterocycles. The van der Waals surface area contributed by atoms with E-state index < -0.39 is 5.97 Å². The predicted molar refractivity (Wildman–Crippen MR) is 106 cm³/mol. The summed E-state index contributed by atoms with van der Waals surface area (Å²) in [4.78, 5) is 15.6. The van der Waals surface area contributed by atoms with Crippen molar-refractivity contribution in [3.63, 3.8) is 0 Å². The molecule has 1 N–H and O–H groups in total. The number of imidazole rings is 1. The highest BCUT2D eigenvalue weighted by Gasteiger charge is 2.14. The number of aromatic nitrogens is 2. The maximum Gasteiger partial charge on any atom is 0.303 e. The fourth-order valence-corrected chi connectivity index (χ4v) is 4.55. The number of carbonyl (C=O) groups is 1. The summed E-state index contributed by atoms with van der Waals surface area (Å²) in [5.41, 5.74) is 4.65. The van der Waals surface area contributed by atoms with Gasteiger partial charge in [-0.2, -0.15) is 0 Å². The third-order valence-electron chi connectivity index (χ3n) is 4.74. The minimum absolute atomic E-state index is 0.170. The highest BCUT2D eigenvalue weighted by molar-refractivity contribution is 7.17. The molecule has 0 aliphatic carbocycles. The molecule has 5 heteroatoms. The lowest BCUT2D eigenvalue weighted by Gasteiger charge is -2.10. The van der Waals surface area contributed by atoms with E-state index in [-0.39, 0.29) is 6.42 Å². The Labute approximate surface area is 155 Å². The number of hydrogen-bond acceptors (Lipinski definition) is 3.